The number of aromatic hydroxyl groups is 1. The van der Waals surface area contributed by atoms with E-state index in [1.807, 2.05) is 66.2 Å². The highest BCUT2D eigenvalue weighted by atomic mass is 16.5. The topological polar surface area (TPSA) is 46.8 Å². The van der Waals surface area contributed by atoms with Gasteiger partial charge in [0.2, 0.25) is 0 Å². The predicted molar refractivity (Wildman–Crippen MR) is 97.8 cm³/mol. The zero-order valence-corrected chi connectivity index (χ0v) is 13.9. The summed E-state index contributed by atoms with van der Waals surface area (Å²) in [5, 5.41) is 9.91. The molecule has 4 heteroatoms. The molecule has 0 unspecified atom stereocenters. The zero-order chi connectivity index (χ0) is 17.2. The van der Waals surface area contributed by atoms with Crippen molar-refractivity contribution in [2.45, 2.75) is 13.5 Å². The van der Waals surface area contributed by atoms with Gasteiger partial charge >= 0.3 is 0 Å². The van der Waals surface area contributed by atoms with Crippen molar-refractivity contribution >= 4 is 5.65 Å². The van der Waals surface area contributed by atoms with Crippen molar-refractivity contribution in [1.29, 1.82) is 0 Å². The Kier molecular flexibility index (Phi) is 3.86. The van der Waals surface area contributed by atoms with Crippen LogP contribution >= 0.6 is 0 Å². The minimum Gasteiger partial charge on any atom is -0.504 e. The maximum atomic E-state index is 9.91. The monoisotopic (exact) mass is 330 g/mol. The summed E-state index contributed by atoms with van der Waals surface area (Å²) in [6.45, 7) is 2.57. The van der Waals surface area contributed by atoms with Crippen LogP contribution in [0.2, 0.25) is 0 Å². The van der Waals surface area contributed by atoms with E-state index in [0.717, 1.165) is 28.1 Å². The minimum absolute atomic E-state index is 0.174. The smallest absolute Gasteiger partial charge is 0.180 e. The molecular weight excluding hydrogens is 312 g/mol. The number of hydrogen-bond donors (Lipinski definition) is 1. The molecule has 0 aliphatic carbocycles. The molecule has 0 saturated heterocycles. The van der Waals surface area contributed by atoms with Crippen LogP contribution in [0.15, 0.2) is 73.1 Å². The molecule has 4 aromatic rings. The summed E-state index contributed by atoms with van der Waals surface area (Å²) < 4.78 is 7.75. The van der Waals surface area contributed by atoms with Crippen LogP contribution < -0.4 is 4.74 Å². The lowest BCUT2D eigenvalue weighted by Crippen LogP contribution is -1.96. The van der Waals surface area contributed by atoms with Crippen molar-refractivity contribution in [2.75, 3.05) is 0 Å². The van der Waals surface area contributed by atoms with Crippen molar-refractivity contribution in [2.24, 2.45) is 0 Å². The third-order valence-corrected chi connectivity index (χ3v) is 4.17. The third kappa shape index (κ3) is 3.06. The number of imidazole rings is 1. The molecule has 1 N–H and O–H groups in total. The van der Waals surface area contributed by atoms with Gasteiger partial charge in [0, 0.05) is 18.0 Å². The van der Waals surface area contributed by atoms with Crippen LogP contribution in [-0.4, -0.2) is 14.5 Å². The first kappa shape index (κ1) is 15.3. The number of pyridine rings is 1. The molecule has 124 valence electrons. The summed E-state index contributed by atoms with van der Waals surface area (Å²) in [7, 11) is 0. The third-order valence-electron chi connectivity index (χ3n) is 4.17. The standard InChI is InChI=1S/C21H18N2O2/c1-15-12-17(18-13-23-11-5-8-19(24)21(23)22-18)9-10-20(15)25-14-16-6-3-2-4-7-16/h2-13,24H,14H2,1H3. The van der Waals surface area contributed by atoms with E-state index in [4.69, 9.17) is 4.74 Å². The molecular formula is C21H18N2O2. The van der Waals surface area contributed by atoms with E-state index in [0.29, 0.717) is 12.3 Å². The number of rotatable bonds is 4. The van der Waals surface area contributed by atoms with Gasteiger partial charge in [-0.1, -0.05) is 30.3 Å². The Morgan fingerprint density at radius 3 is 2.64 bits per heavy atom. The molecule has 0 bridgehead atoms. The Labute approximate surface area is 146 Å². The molecule has 0 fully saturated rings. The summed E-state index contributed by atoms with van der Waals surface area (Å²) >= 11 is 0. The van der Waals surface area contributed by atoms with Crippen LogP contribution in [-0.2, 0) is 6.61 Å². The van der Waals surface area contributed by atoms with Gasteiger partial charge in [-0.2, -0.15) is 0 Å². The van der Waals surface area contributed by atoms with E-state index in [1.165, 1.54) is 0 Å². The lowest BCUT2D eigenvalue weighted by atomic mass is 10.1. The molecule has 4 nitrogen and oxygen atoms in total. The molecule has 0 amide bonds. The fraction of sp³-hybridized carbons (Fsp3) is 0.0952. The van der Waals surface area contributed by atoms with Crippen molar-refractivity contribution in [3.8, 4) is 22.8 Å². The fourth-order valence-corrected chi connectivity index (χ4v) is 2.84. The van der Waals surface area contributed by atoms with Gasteiger partial charge in [0.15, 0.2) is 11.4 Å². The van der Waals surface area contributed by atoms with Crippen LogP contribution in [0.4, 0.5) is 0 Å². The first-order valence-electron chi connectivity index (χ1n) is 8.15. The Morgan fingerprint density at radius 2 is 1.88 bits per heavy atom. The molecule has 0 saturated carbocycles. The van der Waals surface area contributed by atoms with Gasteiger partial charge in [0.25, 0.3) is 0 Å². The van der Waals surface area contributed by atoms with Gasteiger partial charge in [-0.25, -0.2) is 4.98 Å². The van der Waals surface area contributed by atoms with Crippen molar-refractivity contribution in [1.82, 2.24) is 9.38 Å². The number of hydrogen-bond acceptors (Lipinski definition) is 3. The van der Waals surface area contributed by atoms with E-state index in [-0.39, 0.29) is 5.75 Å². The highest BCUT2D eigenvalue weighted by Gasteiger charge is 2.09. The largest absolute Gasteiger partial charge is 0.504 e. The van der Waals surface area contributed by atoms with Crippen LogP contribution in [0.5, 0.6) is 11.5 Å². The molecule has 25 heavy (non-hydrogen) atoms. The highest BCUT2D eigenvalue weighted by Crippen LogP contribution is 2.28. The normalized spacial score (nSPS) is 10.9. The van der Waals surface area contributed by atoms with Gasteiger partial charge in [0.1, 0.15) is 12.4 Å². The van der Waals surface area contributed by atoms with Crippen LogP contribution in [0, 0.1) is 6.92 Å². The van der Waals surface area contributed by atoms with Gasteiger partial charge in [-0.3, -0.25) is 0 Å². The molecule has 0 aliphatic rings. The second-order valence-corrected chi connectivity index (χ2v) is 6.00. The summed E-state index contributed by atoms with van der Waals surface area (Å²) in [6, 6.07) is 19.6. The van der Waals surface area contributed by atoms with E-state index >= 15 is 0 Å². The number of fused-ring (bicyclic) bond motifs is 1. The van der Waals surface area contributed by atoms with Crippen molar-refractivity contribution in [3.05, 3.63) is 84.2 Å². The number of aryl methyl sites for hydroxylation is 1. The average Bonchev–Trinajstić information content (AvgIpc) is 3.07. The number of aromatic nitrogens is 2. The first-order chi connectivity index (χ1) is 12.2. The number of ether oxygens (including phenoxy) is 1. The summed E-state index contributed by atoms with van der Waals surface area (Å²) in [4.78, 5) is 4.52. The second kappa shape index (κ2) is 6.32. The van der Waals surface area contributed by atoms with E-state index in [2.05, 4.69) is 11.1 Å². The van der Waals surface area contributed by atoms with E-state index in [1.54, 1.807) is 12.1 Å². The maximum Gasteiger partial charge on any atom is 0.180 e. The van der Waals surface area contributed by atoms with Crippen LogP contribution in [0.25, 0.3) is 16.9 Å². The lowest BCUT2D eigenvalue weighted by Gasteiger charge is -2.10. The highest BCUT2D eigenvalue weighted by molar-refractivity contribution is 5.67. The Balaban J connectivity index is 1.59. The summed E-state index contributed by atoms with van der Waals surface area (Å²) in [6.07, 6.45) is 3.78. The Bertz CT molecular complexity index is 1020. The molecule has 0 atom stereocenters. The maximum absolute atomic E-state index is 9.91. The Morgan fingerprint density at radius 1 is 1.04 bits per heavy atom. The number of nitrogens with zero attached hydrogens (tertiary/aromatic N) is 2. The minimum atomic E-state index is 0.174. The molecule has 2 aromatic heterocycles. The van der Waals surface area contributed by atoms with Crippen molar-refractivity contribution in [3.63, 3.8) is 0 Å². The predicted octanol–water partition coefficient (Wildman–Crippen LogP) is 4.59. The fourth-order valence-electron chi connectivity index (χ4n) is 2.84. The van der Waals surface area contributed by atoms with Gasteiger partial charge in [-0.15, -0.1) is 0 Å². The molecule has 0 spiro atoms. The summed E-state index contributed by atoms with van der Waals surface area (Å²) in [5.41, 5.74) is 4.56. The molecule has 0 radical (unpaired) electrons. The van der Waals surface area contributed by atoms with E-state index in [9.17, 15) is 5.11 Å². The molecule has 2 heterocycles. The van der Waals surface area contributed by atoms with Crippen LogP contribution in [0.1, 0.15) is 11.1 Å². The molecule has 0 aliphatic heterocycles. The van der Waals surface area contributed by atoms with Crippen molar-refractivity contribution < 1.29 is 9.84 Å². The SMILES string of the molecule is Cc1cc(-c2cn3cccc(O)c3n2)ccc1OCc1ccccc1. The lowest BCUT2D eigenvalue weighted by molar-refractivity contribution is 0.304. The first-order valence-corrected chi connectivity index (χ1v) is 8.15. The van der Waals surface area contributed by atoms with Gasteiger partial charge in [0.05, 0.1) is 5.69 Å². The second-order valence-electron chi connectivity index (χ2n) is 6.00. The molecule has 4 rings (SSSR count). The Hall–Kier alpha value is -3.27. The van der Waals surface area contributed by atoms with Gasteiger partial charge in [-0.05, 0) is 48.4 Å². The number of benzene rings is 2. The van der Waals surface area contributed by atoms with Gasteiger partial charge < -0.3 is 14.2 Å². The van der Waals surface area contributed by atoms with Crippen LogP contribution in [0.3, 0.4) is 0 Å². The zero-order valence-electron chi connectivity index (χ0n) is 13.9. The average molecular weight is 330 g/mol. The molecule has 2 aromatic carbocycles. The van der Waals surface area contributed by atoms with E-state index < -0.39 is 0 Å². The summed E-state index contributed by atoms with van der Waals surface area (Å²) in [5.74, 6) is 1.03. The quantitative estimate of drug-likeness (QED) is 0.595.